The summed E-state index contributed by atoms with van der Waals surface area (Å²) < 4.78 is 5.20. The van der Waals surface area contributed by atoms with E-state index in [0.717, 1.165) is 70.2 Å². The molecular formula is C21H43N5O. The number of ether oxygens (including phenoxy) is 1. The number of likely N-dealkylation sites (tertiary alicyclic amines) is 2. The topological polar surface area (TPSA) is 43.3 Å². The summed E-state index contributed by atoms with van der Waals surface area (Å²) in [4.78, 5) is 12.6. The van der Waals surface area contributed by atoms with E-state index in [0.29, 0.717) is 0 Å². The maximum absolute atomic E-state index is 5.20. The van der Waals surface area contributed by atoms with E-state index in [-0.39, 0.29) is 0 Å². The first-order chi connectivity index (χ1) is 13.2. The van der Waals surface area contributed by atoms with Crippen LogP contribution in [0.4, 0.5) is 0 Å². The van der Waals surface area contributed by atoms with E-state index in [1.54, 1.807) is 7.11 Å². The third-order valence-electron chi connectivity index (χ3n) is 6.15. The van der Waals surface area contributed by atoms with Crippen LogP contribution in [0.15, 0.2) is 4.99 Å². The zero-order chi connectivity index (χ0) is 19.5. The van der Waals surface area contributed by atoms with Gasteiger partial charge in [0.05, 0.1) is 6.61 Å². The summed E-state index contributed by atoms with van der Waals surface area (Å²) in [6, 6.07) is 0. The summed E-state index contributed by atoms with van der Waals surface area (Å²) in [6.07, 6.45) is 3.81. The molecule has 1 N–H and O–H groups in total. The highest BCUT2D eigenvalue weighted by Crippen LogP contribution is 2.20. The van der Waals surface area contributed by atoms with E-state index in [2.05, 4.69) is 40.8 Å². The molecule has 0 aliphatic carbocycles. The second-order valence-corrected chi connectivity index (χ2v) is 8.06. The second kappa shape index (κ2) is 12.6. The van der Waals surface area contributed by atoms with Crippen molar-refractivity contribution >= 4 is 5.96 Å². The van der Waals surface area contributed by atoms with Gasteiger partial charge in [0.1, 0.15) is 0 Å². The van der Waals surface area contributed by atoms with Crippen LogP contribution in [-0.4, -0.2) is 99.8 Å². The minimum absolute atomic E-state index is 0.728. The lowest BCUT2D eigenvalue weighted by atomic mass is 9.97. The molecule has 1 unspecified atom stereocenters. The van der Waals surface area contributed by atoms with E-state index in [4.69, 9.17) is 9.73 Å². The molecule has 2 fully saturated rings. The Bertz CT molecular complexity index is 419. The molecule has 0 bridgehead atoms. The molecule has 6 heteroatoms. The van der Waals surface area contributed by atoms with Crippen molar-refractivity contribution in [3.8, 4) is 0 Å². The van der Waals surface area contributed by atoms with Crippen molar-refractivity contribution in [3.63, 3.8) is 0 Å². The Morgan fingerprint density at radius 2 is 1.78 bits per heavy atom. The maximum atomic E-state index is 5.20. The molecule has 0 aromatic rings. The van der Waals surface area contributed by atoms with E-state index in [1.165, 1.54) is 38.9 Å². The molecule has 0 aromatic carbocycles. The predicted octanol–water partition coefficient (Wildman–Crippen LogP) is 1.97. The number of hydrogen-bond donors (Lipinski definition) is 1. The van der Waals surface area contributed by atoms with Crippen molar-refractivity contribution < 1.29 is 4.74 Å². The van der Waals surface area contributed by atoms with Gasteiger partial charge in [-0.15, -0.1) is 0 Å². The van der Waals surface area contributed by atoms with E-state index in [1.807, 2.05) is 0 Å². The number of piperidine rings is 1. The largest absolute Gasteiger partial charge is 0.383 e. The van der Waals surface area contributed by atoms with Gasteiger partial charge in [0.25, 0.3) is 0 Å². The first-order valence-electron chi connectivity index (χ1n) is 11.2. The van der Waals surface area contributed by atoms with Crippen LogP contribution in [0.5, 0.6) is 0 Å². The van der Waals surface area contributed by atoms with E-state index >= 15 is 0 Å². The Balaban J connectivity index is 1.79. The van der Waals surface area contributed by atoms with Gasteiger partial charge in [-0.05, 0) is 64.2 Å². The van der Waals surface area contributed by atoms with Gasteiger partial charge in [0, 0.05) is 46.4 Å². The van der Waals surface area contributed by atoms with Gasteiger partial charge in [-0.25, -0.2) is 0 Å². The lowest BCUT2D eigenvalue weighted by molar-refractivity contribution is 0.121. The molecule has 0 aromatic heterocycles. The number of nitrogens with zero attached hydrogens (tertiary/aromatic N) is 4. The molecular weight excluding hydrogens is 338 g/mol. The summed E-state index contributed by atoms with van der Waals surface area (Å²) in [5, 5.41) is 3.54. The third-order valence-corrected chi connectivity index (χ3v) is 6.15. The highest BCUT2D eigenvalue weighted by Gasteiger charge is 2.26. The van der Waals surface area contributed by atoms with Gasteiger partial charge in [-0.3, -0.25) is 4.99 Å². The lowest BCUT2D eigenvalue weighted by Crippen LogP contribution is -2.41. The molecule has 1 atom stereocenters. The number of rotatable bonds is 10. The fourth-order valence-corrected chi connectivity index (χ4v) is 4.28. The molecule has 2 saturated heterocycles. The first-order valence-corrected chi connectivity index (χ1v) is 11.2. The van der Waals surface area contributed by atoms with Crippen LogP contribution >= 0.6 is 0 Å². The Labute approximate surface area is 167 Å². The predicted molar refractivity (Wildman–Crippen MR) is 114 cm³/mol. The standard InChI is InChI=1S/C21H43N5O/c1-5-22-21(26-13-10-20(18-26)17-24(6-2)7-3)23-16-19-8-11-25(12-9-19)14-15-27-4/h19-20H,5-18H2,1-4H3,(H,22,23). The summed E-state index contributed by atoms with van der Waals surface area (Å²) in [6.45, 7) is 18.8. The van der Waals surface area contributed by atoms with Gasteiger partial charge in [-0.1, -0.05) is 13.8 Å². The Morgan fingerprint density at radius 1 is 1.07 bits per heavy atom. The molecule has 2 aliphatic heterocycles. The van der Waals surface area contributed by atoms with Crippen LogP contribution in [0.2, 0.25) is 0 Å². The van der Waals surface area contributed by atoms with Gasteiger partial charge in [-0.2, -0.15) is 0 Å². The Hall–Kier alpha value is -0.850. The summed E-state index contributed by atoms with van der Waals surface area (Å²) in [5.41, 5.74) is 0. The quantitative estimate of drug-likeness (QED) is 0.463. The fraction of sp³-hybridized carbons (Fsp3) is 0.952. The summed E-state index contributed by atoms with van der Waals surface area (Å²) >= 11 is 0. The molecule has 0 radical (unpaired) electrons. The molecule has 2 rings (SSSR count). The summed E-state index contributed by atoms with van der Waals surface area (Å²) in [5.74, 6) is 2.64. The molecule has 0 saturated carbocycles. The molecule has 0 amide bonds. The highest BCUT2D eigenvalue weighted by atomic mass is 16.5. The average Bonchev–Trinajstić information content (AvgIpc) is 3.17. The second-order valence-electron chi connectivity index (χ2n) is 8.06. The van der Waals surface area contributed by atoms with Gasteiger partial charge < -0.3 is 24.8 Å². The zero-order valence-electron chi connectivity index (χ0n) is 18.3. The van der Waals surface area contributed by atoms with Crippen LogP contribution in [0, 0.1) is 11.8 Å². The van der Waals surface area contributed by atoms with Crippen molar-refractivity contribution in [2.45, 2.75) is 40.0 Å². The normalized spacial score (nSPS) is 22.8. The number of guanidine groups is 1. The number of hydrogen-bond acceptors (Lipinski definition) is 4. The minimum atomic E-state index is 0.728. The van der Waals surface area contributed by atoms with Crippen molar-refractivity contribution in [2.75, 3.05) is 79.2 Å². The highest BCUT2D eigenvalue weighted by molar-refractivity contribution is 5.80. The van der Waals surface area contributed by atoms with E-state index in [9.17, 15) is 0 Å². The molecule has 0 spiro atoms. The number of methoxy groups -OCH3 is 1. The van der Waals surface area contributed by atoms with Crippen LogP contribution < -0.4 is 5.32 Å². The van der Waals surface area contributed by atoms with Gasteiger partial charge >= 0.3 is 0 Å². The molecule has 158 valence electrons. The fourth-order valence-electron chi connectivity index (χ4n) is 4.28. The first kappa shape index (κ1) is 22.4. The molecule has 27 heavy (non-hydrogen) atoms. The third kappa shape index (κ3) is 7.59. The molecule has 2 aliphatic rings. The summed E-state index contributed by atoms with van der Waals surface area (Å²) in [7, 11) is 1.79. The average molecular weight is 382 g/mol. The van der Waals surface area contributed by atoms with Crippen molar-refractivity contribution in [1.29, 1.82) is 0 Å². The number of aliphatic imine (C=N–C) groups is 1. The van der Waals surface area contributed by atoms with Crippen molar-refractivity contribution in [1.82, 2.24) is 20.0 Å². The number of nitrogens with one attached hydrogen (secondary N) is 1. The zero-order valence-corrected chi connectivity index (χ0v) is 18.3. The van der Waals surface area contributed by atoms with Gasteiger partial charge in [0.2, 0.25) is 0 Å². The molecule has 2 heterocycles. The Morgan fingerprint density at radius 3 is 2.41 bits per heavy atom. The van der Waals surface area contributed by atoms with Crippen molar-refractivity contribution in [3.05, 3.63) is 0 Å². The van der Waals surface area contributed by atoms with Crippen LogP contribution in [-0.2, 0) is 4.74 Å². The maximum Gasteiger partial charge on any atom is 0.193 e. The van der Waals surface area contributed by atoms with Crippen LogP contribution in [0.25, 0.3) is 0 Å². The SMILES string of the molecule is CCNC(=NCC1CCN(CCOC)CC1)N1CCC(CN(CC)CC)C1. The van der Waals surface area contributed by atoms with E-state index < -0.39 is 0 Å². The van der Waals surface area contributed by atoms with Crippen LogP contribution in [0.3, 0.4) is 0 Å². The molecule has 6 nitrogen and oxygen atoms in total. The van der Waals surface area contributed by atoms with Gasteiger partial charge in [0.15, 0.2) is 5.96 Å². The lowest BCUT2D eigenvalue weighted by Gasteiger charge is -2.31. The smallest absolute Gasteiger partial charge is 0.193 e. The minimum Gasteiger partial charge on any atom is -0.383 e. The van der Waals surface area contributed by atoms with Crippen molar-refractivity contribution in [2.24, 2.45) is 16.8 Å². The Kier molecular flexibility index (Phi) is 10.5. The monoisotopic (exact) mass is 381 g/mol. The van der Waals surface area contributed by atoms with Crippen LogP contribution in [0.1, 0.15) is 40.0 Å².